The second kappa shape index (κ2) is 8.29. The second-order valence-corrected chi connectivity index (χ2v) is 11.7. The maximum atomic E-state index is 13.4. The van der Waals surface area contributed by atoms with Gasteiger partial charge in [0.1, 0.15) is 5.58 Å². The highest BCUT2D eigenvalue weighted by Gasteiger charge is 2.33. The van der Waals surface area contributed by atoms with Crippen LogP contribution < -0.4 is 0 Å². The van der Waals surface area contributed by atoms with Crippen LogP contribution >= 0.6 is 0 Å². The minimum absolute atomic E-state index is 0.152. The fourth-order valence-electron chi connectivity index (χ4n) is 5.33. The predicted octanol–water partition coefficient (Wildman–Crippen LogP) is 4.61. The summed E-state index contributed by atoms with van der Waals surface area (Å²) in [4.78, 5) is 15.4. The molecule has 0 saturated carbocycles. The molecule has 3 aromatic rings. The molecular weight excluding hydrogens is 436 g/mol. The molecule has 0 spiro atoms. The highest BCUT2D eigenvalue weighted by molar-refractivity contribution is 7.89. The third-order valence-corrected chi connectivity index (χ3v) is 8.82. The predicted molar refractivity (Wildman–Crippen MR) is 128 cm³/mol. The first kappa shape index (κ1) is 22.2. The molecule has 3 heterocycles. The van der Waals surface area contributed by atoms with Gasteiger partial charge < -0.3 is 9.32 Å². The lowest BCUT2D eigenvalue weighted by Gasteiger charge is -2.34. The third kappa shape index (κ3) is 3.97. The number of aryl methyl sites for hydroxylation is 1. The van der Waals surface area contributed by atoms with Gasteiger partial charge in [-0.2, -0.15) is 4.31 Å². The van der Waals surface area contributed by atoms with Crippen molar-refractivity contribution in [1.82, 2.24) is 9.21 Å². The Bertz CT molecular complexity index is 1320. The lowest BCUT2D eigenvalue weighted by Crippen LogP contribution is -2.42. The Labute approximate surface area is 195 Å². The summed E-state index contributed by atoms with van der Waals surface area (Å²) in [7, 11) is -3.60. The highest BCUT2D eigenvalue weighted by atomic mass is 32.2. The molecular formula is C26H30N2O4S. The molecule has 5 rings (SSSR count). The van der Waals surface area contributed by atoms with Crippen molar-refractivity contribution >= 4 is 26.9 Å². The first-order valence-electron chi connectivity index (χ1n) is 11.6. The summed E-state index contributed by atoms with van der Waals surface area (Å²) in [6.45, 7) is 8.29. The normalized spacial score (nSPS) is 21.8. The zero-order valence-electron chi connectivity index (χ0n) is 19.4. The van der Waals surface area contributed by atoms with E-state index >= 15 is 0 Å². The van der Waals surface area contributed by atoms with Crippen molar-refractivity contribution in [2.24, 2.45) is 11.8 Å². The van der Waals surface area contributed by atoms with Crippen molar-refractivity contribution in [3.8, 4) is 0 Å². The number of furan rings is 1. The number of benzene rings is 2. The van der Waals surface area contributed by atoms with Gasteiger partial charge in [0.25, 0.3) is 5.91 Å². The van der Waals surface area contributed by atoms with Gasteiger partial charge in [-0.05, 0) is 60.9 Å². The standard InChI is InChI=1S/C26H30N2O4S/c1-17-12-18(2)15-28(14-17)33(30,31)22-8-9-24-23(13-22)19(3)25(32-24)26(29)27-11-10-20-6-4-5-7-21(20)16-27/h4-9,13,17-18H,10-12,14-16H2,1-3H3/t17-,18+. The summed E-state index contributed by atoms with van der Waals surface area (Å²) in [6.07, 6.45) is 1.86. The Hall–Kier alpha value is -2.64. The summed E-state index contributed by atoms with van der Waals surface area (Å²) >= 11 is 0. The van der Waals surface area contributed by atoms with E-state index in [-0.39, 0.29) is 10.8 Å². The van der Waals surface area contributed by atoms with Crippen LogP contribution in [0, 0.1) is 18.8 Å². The van der Waals surface area contributed by atoms with E-state index < -0.39 is 10.0 Å². The Morgan fingerprint density at radius 1 is 1.03 bits per heavy atom. The van der Waals surface area contributed by atoms with E-state index in [0.717, 1.165) is 18.4 Å². The SMILES string of the molecule is Cc1c(C(=O)N2CCc3ccccc3C2)oc2ccc(S(=O)(=O)N3C[C@H](C)C[C@H](C)C3)cc12. The molecule has 0 unspecified atom stereocenters. The Morgan fingerprint density at radius 2 is 1.73 bits per heavy atom. The van der Waals surface area contributed by atoms with E-state index in [9.17, 15) is 13.2 Å². The van der Waals surface area contributed by atoms with Crippen molar-refractivity contribution in [1.29, 1.82) is 0 Å². The lowest BCUT2D eigenvalue weighted by atomic mass is 9.94. The second-order valence-electron chi connectivity index (χ2n) is 9.73. The van der Waals surface area contributed by atoms with Gasteiger partial charge in [-0.25, -0.2) is 8.42 Å². The molecule has 7 heteroatoms. The van der Waals surface area contributed by atoms with E-state index in [0.29, 0.717) is 60.3 Å². The van der Waals surface area contributed by atoms with E-state index in [2.05, 4.69) is 26.0 Å². The molecule has 0 aliphatic carbocycles. The van der Waals surface area contributed by atoms with Crippen LogP contribution in [-0.4, -0.2) is 43.2 Å². The lowest BCUT2D eigenvalue weighted by molar-refractivity contribution is 0.0704. The number of piperidine rings is 1. The van der Waals surface area contributed by atoms with Gasteiger partial charge in [-0.1, -0.05) is 38.1 Å². The maximum absolute atomic E-state index is 13.4. The average molecular weight is 467 g/mol. The average Bonchev–Trinajstić information content (AvgIpc) is 3.13. The van der Waals surface area contributed by atoms with Crippen molar-refractivity contribution in [2.75, 3.05) is 19.6 Å². The number of rotatable bonds is 3. The van der Waals surface area contributed by atoms with Crippen LogP contribution in [0.25, 0.3) is 11.0 Å². The molecule has 1 saturated heterocycles. The monoisotopic (exact) mass is 466 g/mol. The molecule has 2 aliphatic heterocycles. The third-order valence-electron chi connectivity index (χ3n) is 6.99. The minimum atomic E-state index is -3.60. The molecule has 2 aliphatic rings. The van der Waals surface area contributed by atoms with Crippen molar-refractivity contribution < 1.29 is 17.6 Å². The zero-order valence-corrected chi connectivity index (χ0v) is 20.2. The van der Waals surface area contributed by atoms with Crippen molar-refractivity contribution in [2.45, 2.75) is 45.1 Å². The summed E-state index contributed by atoms with van der Waals surface area (Å²) in [5.74, 6) is 0.809. The van der Waals surface area contributed by atoms with Crippen LogP contribution in [-0.2, 0) is 23.0 Å². The Balaban J connectivity index is 1.45. The van der Waals surface area contributed by atoms with Crippen molar-refractivity contribution in [3.63, 3.8) is 0 Å². The van der Waals surface area contributed by atoms with Gasteiger partial charge >= 0.3 is 0 Å². The molecule has 1 fully saturated rings. The largest absolute Gasteiger partial charge is 0.451 e. The molecule has 6 nitrogen and oxygen atoms in total. The first-order chi connectivity index (χ1) is 15.7. The van der Waals surface area contributed by atoms with Gasteiger partial charge in [0.2, 0.25) is 10.0 Å². The van der Waals surface area contributed by atoms with Crippen LogP contribution in [0.2, 0.25) is 0 Å². The maximum Gasteiger partial charge on any atom is 0.290 e. The fourth-order valence-corrected chi connectivity index (χ4v) is 7.03. The first-order valence-corrected chi connectivity index (χ1v) is 13.1. The van der Waals surface area contributed by atoms with E-state index in [1.807, 2.05) is 19.1 Å². The van der Waals surface area contributed by atoms with Gasteiger partial charge in [0.15, 0.2) is 5.76 Å². The van der Waals surface area contributed by atoms with Crippen LogP contribution in [0.3, 0.4) is 0 Å². The van der Waals surface area contributed by atoms with E-state index in [1.54, 1.807) is 27.4 Å². The molecule has 2 atom stereocenters. The smallest absolute Gasteiger partial charge is 0.290 e. The van der Waals surface area contributed by atoms with Crippen LogP contribution in [0.4, 0.5) is 0 Å². The topological polar surface area (TPSA) is 70.8 Å². The molecule has 0 N–H and O–H groups in total. The zero-order chi connectivity index (χ0) is 23.3. The number of fused-ring (bicyclic) bond motifs is 2. The molecule has 1 aromatic heterocycles. The van der Waals surface area contributed by atoms with Gasteiger partial charge in [0, 0.05) is 37.1 Å². The number of amides is 1. The highest BCUT2D eigenvalue weighted by Crippen LogP contribution is 2.32. The molecule has 1 amide bonds. The van der Waals surface area contributed by atoms with Crippen LogP contribution in [0.15, 0.2) is 51.8 Å². The molecule has 2 aromatic carbocycles. The van der Waals surface area contributed by atoms with E-state index in [4.69, 9.17) is 4.42 Å². The number of hydrogen-bond donors (Lipinski definition) is 0. The molecule has 33 heavy (non-hydrogen) atoms. The number of carbonyl (C=O) groups is 1. The van der Waals surface area contributed by atoms with Gasteiger partial charge in [-0.3, -0.25) is 4.79 Å². The quantitative estimate of drug-likeness (QED) is 0.565. The summed E-state index contributed by atoms with van der Waals surface area (Å²) in [6, 6.07) is 13.1. The van der Waals surface area contributed by atoms with Gasteiger partial charge in [0.05, 0.1) is 4.90 Å². The summed E-state index contributed by atoms with van der Waals surface area (Å²) in [5.41, 5.74) is 3.65. The minimum Gasteiger partial charge on any atom is -0.451 e. The molecule has 0 bridgehead atoms. The summed E-state index contributed by atoms with van der Waals surface area (Å²) in [5, 5.41) is 0.676. The number of hydrogen-bond acceptors (Lipinski definition) is 4. The number of carbonyl (C=O) groups excluding carboxylic acids is 1. The van der Waals surface area contributed by atoms with Gasteiger partial charge in [-0.15, -0.1) is 0 Å². The number of sulfonamides is 1. The number of nitrogens with zero attached hydrogens (tertiary/aromatic N) is 2. The van der Waals surface area contributed by atoms with E-state index in [1.165, 1.54) is 5.56 Å². The van der Waals surface area contributed by atoms with Crippen molar-refractivity contribution in [3.05, 3.63) is 64.9 Å². The Kier molecular flexibility index (Phi) is 5.57. The molecule has 174 valence electrons. The fraction of sp³-hybridized carbons (Fsp3) is 0.423. The Morgan fingerprint density at radius 3 is 2.45 bits per heavy atom. The van der Waals surface area contributed by atoms with Crippen LogP contribution in [0.5, 0.6) is 0 Å². The molecule has 0 radical (unpaired) electrons. The summed E-state index contributed by atoms with van der Waals surface area (Å²) < 4.78 is 34.3. The van der Waals surface area contributed by atoms with Crippen LogP contribution in [0.1, 0.15) is 47.5 Å².